The highest BCUT2D eigenvalue weighted by Gasteiger charge is 2.42. The summed E-state index contributed by atoms with van der Waals surface area (Å²) in [4.78, 5) is 0. The molecule has 0 atom stereocenters. The molecule has 1 aliphatic rings. The van der Waals surface area contributed by atoms with E-state index in [-0.39, 0.29) is 0 Å². The van der Waals surface area contributed by atoms with Crippen LogP contribution in [-0.4, -0.2) is 0 Å². The molecule has 0 saturated heterocycles. The van der Waals surface area contributed by atoms with Gasteiger partial charge in [-0.2, -0.15) is 0 Å². The van der Waals surface area contributed by atoms with Gasteiger partial charge in [-0.1, -0.05) is 44.5 Å². The van der Waals surface area contributed by atoms with Crippen LogP contribution in [0.15, 0.2) is 18.2 Å². The second kappa shape index (κ2) is 5.03. The molecule has 1 heteroatoms. The molecule has 2 rings (SSSR count). The summed E-state index contributed by atoms with van der Waals surface area (Å²) in [6, 6.07) is 6.46. The van der Waals surface area contributed by atoms with Crippen molar-refractivity contribution in [3.8, 4) is 0 Å². The molecular weight excluding hydrogens is 204 g/mol. The number of benzene rings is 1. The number of rotatable bonds is 2. The molecule has 0 amide bonds. The molecule has 15 heavy (non-hydrogen) atoms. The van der Waals surface area contributed by atoms with Crippen LogP contribution in [0.1, 0.15) is 51.2 Å². The Morgan fingerprint density at radius 1 is 1.27 bits per heavy atom. The van der Waals surface area contributed by atoms with Gasteiger partial charge in [0.05, 0.1) is 0 Å². The summed E-state index contributed by atoms with van der Waals surface area (Å²) in [5.74, 6) is 0. The highest BCUT2D eigenvalue weighted by Crippen LogP contribution is 2.51. The normalized spacial score (nSPS) is 16.6. The van der Waals surface area contributed by atoms with Crippen molar-refractivity contribution in [3.05, 3.63) is 34.3 Å². The first-order valence-electron chi connectivity index (χ1n) is 5.94. The maximum absolute atomic E-state index is 5.99. The number of halogens is 1. The lowest BCUT2D eigenvalue weighted by atomic mass is 9.92. The fourth-order valence-corrected chi connectivity index (χ4v) is 2.09. The standard InChI is InChI=1S/C12H15Cl.C2H6/c1-3-12(6-7-12)10-4-5-11(13)9(2)8-10;1-2/h4-5,8H,3,6-7H2,1-2H3;1-2H3. The highest BCUT2D eigenvalue weighted by molar-refractivity contribution is 6.31. The summed E-state index contributed by atoms with van der Waals surface area (Å²) < 4.78 is 0. The van der Waals surface area contributed by atoms with Crippen LogP contribution in [0.3, 0.4) is 0 Å². The van der Waals surface area contributed by atoms with Crippen molar-refractivity contribution < 1.29 is 0 Å². The molecule has 0 aromatic heterocycles. The van der Waals surface area contributed by atoms with Crippen LogP contribution in [-0.2, 0) is 5.41 Å². The van der Waals surface area contributed by atoms with Gasteiger partial charge in [0.25, 0.3) is 0 Å². The van der Waals surface area contributed by atoms with Crippen LogP contribution in [0.4, 0.5) is 0 Å². The minimum absolute atomic E-state index is 0.509. The Kier molecular flexibility index (Phi) is 4.21. The lowest BCUT2D eigenvalue weighted by Gasteiger charge is -2.13. The summed E-state index contributed by atoms with van der Waals surface area (Å²) in [5, 5.41) is 0.885. The van der Waals surface area contributed by atoms with E-state index in [0.717, 1.165) is 5.02 Å². The summed E-state index contributed by atoms with van der Waals surface area (Å²) >= 11 is 5.99. The molecule has 1 aromatic rings. The second-order valence-corrected chi connectivity index (χ2v) is 4.51. The fourth-order valence-electron chi connectivity index (χ4n) is 1.97. The molecule has 0 N–H and O–H groups in total. The SMILES string of the molecule is CC.CCC1(c2ccc(Cl)c(C)c2)CC1. The average Bonchev–Trinajstić information content (AvgIpc) is 3.06. The Hall–Kier alpha value is -0.490. The fraction of sp³-hybridized carbons (Fsp3) is 0.571. The Balaban J connectivity index is 0.000000531. The molecule has 0 aliphatic heterocycles. The van der Waals surface area contributed by atoms with Gasteiger partial charge in [0, 0.05) is 5.02 Å². The summed E-state index contributed by atoms with van der Waals surface area (Å²) in [6.07, 6.45) is 3.96. The Labute approximate surface area is 98.7 Å². The maximum Gasteiger partial charge on any atom is 0.0435 e. The molecule has 84 valence electrons. The summed E-state index contributed by atoms with van der Waals surface area (Å²) in [6.45, 7) is 8.36. The molecule has 1 aliphatic carbocycles. The van der Waals surface area contributed by atoms with Gasteiger partial charge in [0.15, 0.2) is 0 Å². The van der Waals surface area contributed by atoms with Crippen molar-refractivity contribution in [2.24, 2.45) is 0 Å². The molecule has 0 radical (unpaired) electrons. The van der Waals surface area contributed by atoms with Crippen LogP contribution in [0.25, 0.3) is 0 Å². The van der Waals surface area contributed by atoms with E-state index in [1.807, 2.05) is 19.9 Å². The summed E-state index contributed by atoms with van der Waals surface area (Å²) in [5.41, 5.74) is 3.20. The van der Waals surface area contributed by atoms with Crippen LogP contribution in [0.2, 0.25) is 5.02 Å². The third-order valence-electron chi connectivity index (χ3n) is 3.30. The van der Waals surface area contributed by atoms with Crippen molar-refractivity contribution in [2.45, 2.75) is 52.4 Å². The zero-order valence-electron chi connectivity index (χ0n) is 10.2. The van der Waals surface area contributed by atoms with E-state index in [9.17, 15) is 0 Å². The van der Waals surface area contributed by atoms with Gasteiger partial charge < -0.3 is 0 Å². The molecule has 0 heterocycles. The third kappa shape index (κ3) is 2.55. The first-order chi connectivity index (χ1) is 7.18. The second-order valence-electron chi connectivity index (χ2n) is 4.10. The van der Waals surface area contributed by atoms with Crippen LogP contribution < -0.4 is 0 Å². The van der Waals surface area contributed by atoms with Gasteiger partial charge in [-0.05, 0) is 48.8 Å². The molecule has 1 fully saturated rings. The minimum Gasteiger partial charge on any atom is -0.0841 e. The van der Waals surface area contributed by atoms with Gasteiger partial charge in [0.1, 0.15) is 0 Å². The number of aryl methyl sites for hydroxylation is 1. The van der Waals surface area contributed by atoms with Gasteiger partial charge in [-0.25, -0.2) is 0 Å². The van der Waals surface area contributed by atoms with Crippen LogP contribution in [0, 0.1) is 6.92 Å². The van der Waals surface area contributed by atoms with Crippen molar-refractivity contribution >= 4 is 11.6 Å². The van der Waals surface area contributed by atoms with Crippen LogP contribution >= 0.6 is 11.6 Å². The van der Waals surface area contributed by atoms with Crippen molar-refractivity contribution in [2.75, 3.05) is 0 Å². The molecule has 0 bridgehead atoms. The topological polar surface area (TPSA) is 0 Å². The predicted molar refractivity (Wildman–Crippen MR) is 68.7 cm³/mol. The van der Waals surface area contributed by atoms with E-state index in [2.05, 4.69) is 26.0 Å². The van der Waals surface area contributed by atoms with E-state index in [1.165, 1.54) is 30.4 Å². The van der Waals surface area contributed by atoms with E-state index in [0.29, 0.717) is 5.41 Å². The zero-order valence-corrected chi connectivity index (χ0v) is 11.0. The van der Waals surface area contributed by atoms with Crippen molar-refractivity contribution in [3.63, 3.8) is 0 Å². The first kappa shape index (κ1) is 12.6. The molecule has 0 spiro atoms. The lowest BCUT2D eigenvalue weighted by molar-refractivity contribution is 0.663. The zero-order chi connectivity index (χ0) is 11.5. The van der Waals surface area contributed by atoms with Gasteiger partial charge in [-0.15, -0.1) is 0 Å². The van der Waals surface area contributed by atoms with Crippen LogP contribution in [0.5, 0.6) is 0 Å². The maximum atomic E-state index is 5.99. The highest BCUT2D eigenvalue weighted by atomic mass is 35.5. The molecular formula is C14H21Cl. The molecule has 1 saturated carbocycles. The first-order valence-corrected chi connectivity index (χ1v) is 6.32. The predicted octanol–water partition coefficient (Wildman–Crippen LogP) is 5.12. The van der Waals surface area contributed by atoms with E-state index in [1.54, 1.807) is 0 Å². The van der Waals surface area contributed by atoms with Gasteiger partial charge >= 0.3 is 0 Å². The lowest BCUT2D eigenvalue weighted by Crippen LogP contribution is -2.04. The summed E-state index contributed by atoms with van der Waals surface area (Å²) in [7, 11) is 0. The molecule has 0 nitrogen and oxygen atoms in total. The molecule has 0 unspecified atom stereocenters. The van der Waals surface area contributed by atoms with Crippen molar-refractivity contribution in [1.82, 2.24) is 0 Å². The number of hydrogen-bond donors (Lipinski definition) is 0. The smallest absolute Gasteiger partial charge is 0.0435 e. The van der Waals surface area contributed by atoms with E-state index >= 15 is 0 Å². The van der Waals surface area contributed by atoms with Crippen molar-refractivity contribution in [1.29, 1.82) is 0 Å². The monoisotopic (exact) mass is 224 g/mol. The average molecular weight is 225 g/mol. The Bertz CT molecular complexity index is 324. The quantitative estimate of drug-likeness (QED) is 0.655. The van der Waals surface area contributed by atoms with Gasteiger partial charge in [0.2, 0.25) is 0 Å². The van der Waals surface area contributed by atoms with Gasteiger partial charge in [-0.3, -0.25) is 0 Å². The number of hydrogen-bond acceptors (Lipinski definition) is 0. The minimum atomic E-state index is 0.509. The van der Waals surface area contributed by atoms with E-state index < -0.39 is 0 Å². The van der Waals surface area contributed by atoms with E-state index in [4.69, 9.17) is 11.6 Å². The largest absolute Gasteiger partial charge is 0.0841 e. The third-order valence-corrected chi connectivity index (χ3v) is 3.72. The molecule has 1 aromatic carbocycles. The Morgan fingerprint density at radius 3 is 2.27 bits per heavy atom. The Morgan fingerprint density at radius 2 is 1.87 bits per heavy atom.